The SMILES string of the molecule is C=CCOc1ccc(CNCCOc2ccccn2)cc1OC. The summed E-state index contributed by atoms with van der Waals surface area (Å²) in [6.07, 6.45) is 3.42. The fraction of sp³-hybridized carbons (Fsp3) is 0.278. The van der Waals surface area contributed by atoms with Crippen molar-refractivity contribution in [2.45, 2.75) is 6.54 Å². The predicted octanol–water partition coefficient (Wildman–Crippen LogP) is 2.82. The van der Waals surface area contributed by atoms with Crippen LogP contribution in [-0.2, 0) is 6.54 Å². The lowest BCUT2D eigenvalue weighted by molar-refractivity contribution is 0.302. The van der Waals surface area contributed by atoms with Crippen molar-refractivity contribution >= 4 is 0 Å². The summed E-state index contributed by atoms with van der Waals surface area (Å²) < 4.78 is 16.4. The minimum Gasteiger partial charge on any atom is -0.493 e. The summed E-state index contributed by atoms with van der Waals surface area (Å²) in [5.41, 5.74) is 1.12. The van der Waals surface area contributed by atoms with Gasteiger partial charge in [-0.15, -0.1) is 0 Å². The van der Waals surface area contributed by atoms with Crippen LogP contribution in [0.1, 0.15) is 5.56 Å². The Morgan fingerprint density at radius 3 is 2.83 bits per heavy atom. The maximum atomic E-state index is 5.53. The summed E-state index contributed by atoms with van der Waals surface area (Å²) in [5.74, 6) is 2.07. The number of benzene rings is 1. The van der Waals surface area contributed by atoms with E-state index in [0.717, 1.165) is 30.2 Å². The average molecular weight is 314 g/mol. The molecule has 0 aliphatic heterocycles. The lowest BCUT2D eigenvalue weighted by atomic mass is 10.2. The van der Waals surface area contributed by atoms with E-state index in [2.05, 4.69) is 16.9 Å². The molecule has 0 atom stereocenters. The molecule has 0 bridgehead atoms. The fourth-order valence-electron chi connectivity index (χ4n) is 1.98. The van der Waals surface area contributed by atoms with Gasteiger partial charge in [-0.2, -0.15) is 0 Å². The number of nitrogens with one attached hydrogen (secondary N) is 1. The number of aromatic nitrogens is 1. The summed E-state index contributed by atoms with van der Waals surface area (Å²) in [5, 5.41) is 3.32. The minimum absolute atomic E-state index is 0.457. The molecular weight excluding hydrogens is 292 g/mol. The first kappa shape index (κ1) is 16.8. The van der Waals surface area contributed by atoms with Crippen LogP contribution in [0.3, 0.4) is 0 Å². The highest BCUT2D eigenvalue weighted by atomic mass is 16.5. The topological polar surface area (TPSA) is 52.6 Å². The van der Waals surface area contributed by atoms with Gasteiger partial charge in [0.05, 0.1) is 7.11 Å². The van der Waals surface area contributed by atoms with E-state index >= 15 is 0 Å². The molecule has 5 nitrogen and oxygen atoms in total. The lowest BCUT2D eigenvalue weighted by Gasteiger charge is -2.12. The molecule has 122 valence electrons. The van der Waals surface area contributed by atoms with Crippen LogP contribution in [0.15, 0.2) is 55.3 Å². The van der Waals surface area contributed by atoms with Crippen LogP contribution in [0.25, 0.3) is 0 Å². The average Bonchev–Trinajstić information content (AvgIpc) is 2.61. The highest BCUT2D eigenvalue weighted by Crippen LogP contribution is 2.27. The Morgan fingerprint density at radius 1 is 1.17 bits per heavy atom. The minimum atomic E-state index is 0.457. The van der Waals surface area contributed by atoms with E-state index in [1.54, 1.807) is 19.4 Å². The molecule has 0 saturated carbocycles. The van der Waals surface area contributed by atoms with Gasteiger partial charge in [-0.25, -0.2) is 4.98 Å². The van der Waals surface area contributed by atoms with Gasteiger partial charge in [-0.1, -0.05) is 24.8 Å². The smallest absolute Gasteiger partial charge is 0.213 e. The van der Waals surface area contributed by atoms with Crippen LogP contribution in [-0.4, -0.2) is 31.9 Å². The first-order chi connectivity index (χ1) is 11.3. The summed E-state index contributed by atoms with van der Waals surface area (Å²) in [6.45, 7) is 6.11. The number of ether oxygens (including phenoxy) is 3. The monoisotopic (exact) mass is 314 g/mol. The van der Waals surface area contributed by atoms with Gasteiger partial charge in [0.2, 0.25) is 5.88 Å². The molecule has 0 fully saturated rings. The third-order valence-electron chi connectivity index (χ3n) is 3.08. The van der Waals surface area contributed by atoms with Gasteiger partial charge in [-0.05, 0) is 23.8 Å². The standard InChI is InChI=1S/C18H22N2O3/c1-3-11-22-16-8-7-15(13-17(16)21-2)14-19-10-12-23-18-6-4-5-9-20-18/h3-9,13,19H,1,10-12,14H2,2H3. The Morgan fingerprint density at radius 2 is 2.09 bits per heavy atom. The highest BCUT2D eigenvalue weighted by molar-refractivity contribution is 5.43. The van der Waals surface area contributed by atoms with Crippen LogP contribution in [0.4, 0.5) is 0 Å². The van der Waals surface area contributed by atoms with Crippen LogP contribution >= 0.6 is 0 Å². The van der Waals surface area contributed by atoms with Crippen molar-refractivity contribution < 1.29 is 14.2 Å². The van der Waals surface area contributed by atoms with Crippen molar-refractivity contribution in [1.29, 1.82) is 0 Å². The van der Waals surface area contributed by atoms with E-state index in [1.165, 1.54) is 0 Å². The van der Waals surface area contributed by atoms with Gasteiger partial charge in [0, 0.05) is 25.4 Å². The Balaban J connectivity index is 1.75. The van der Waals surface area contributed by atoms with Crippen molar-refractivity contribution in [3.8, 4) is 17.4 Å². The Labute approximate surface area is 136 Å². The maximum Gasteiger partial charge on any atom is 0.213 e. The van der Waals surface area contributed by atoms with E-state index in [9.17, 15) is 0 Å². The number of rotatable bonds is 10. The molecule has 0 amide bonds. The molecule has 1 aromatic carbocycles. The van der Waals surface area contributed by atoms with Crippen LogP contribution in [0.5, 0.6) is 17.4 Å². The van der Waals surface area contributed by atoms with E-state index in [4.69, 9.17) is 14.2 Å². The first-order valence-corrected chi connectivity index (χ1v) is 7.48. The van der Waals surface area contributed by atoms with E-state index < -0.39 is 0 Å². The Hall–Kier alpha value is -2.53. The number of hydrogen-bond acceptors (Lipinski definition) is 5. The van der Waals surface area contributed by atoms with Crippen molar-refractivity contribution in [2.75, 3.05) is 26.9 Å². The first-order valence-electron chi connectivity index (χ1n) is 7.48. The number of methoxy groups -OCH3 is 1. The molecule has 2 aromatic rings. The zero-order valence-corrected chi connectivity index (χ0v) is 13.3. The van der Waals surface area contributed by atoms with Gasteiger partial charge >= 0.3 is 0 Å². The molecule has 0 spiro atoms. The number of hydrogen-bond donors (Lipinski definition) is 1. The largest absolute Gasteiger partial charge is 0.493 e. The predicted molar refractivity (Wildman–Crippen MR) is 90.1 cm³/mol. The molecule has 1 N–H and O–H groups in total. The Kier molecular flexibility index (Phi) is 6.94. The quantitative estimate of drug-likeness (QED) is 0.540. The second-order valence-corrected chi connectivity index (χ2v) is 4.78. The molecule has 0 aliphatic carbocycles. The van der Waals surface area contributed by atoms with Gasteiger partial charge in [0.15, 0.2) is 11.5 Å². The molecule has 0 unspecified atom stereocenters. The van der Waals surface area contributed by atoms with E-state index in [0.29, 0.717) is 19.1 Å². The van der Waals surface area contributed by atoms with Crippen LogP contribution < -0.4 is 19.5 Å². The molecule has 23 heavy (non-hydrogen) atoms. The second-order valence-electron chi connectivity index (χ2n) is 4.78. The molecule has 0 aliphatic rings. The lowest BCUT2D eigenvalue weighted by Crippen LogP contribution is -2.20. The molecule has 0 radical (unpaired) electrons. The summed E-state index contributed by atoms with van der Waals surface area (Å²) in [4.78, 5) is 4.10. The molecular formula is C18H22N2O3. The normalized spacial score (nSPS) is 10.1. The van der Waals surface area contributed by atoms with Crippen LogP contribution in [0, 0.1) is 0 Å². The van der Waals surface area contributed by atoms with Crippen molar-refractivity contribution in [2.24, 2.45) is 0 Å². The Bertz CT molecular complexity index is 602. The maximum absolute atomic E-state index is 5.53. The van der Waals surface area contributed by atoms with Gasteiger partial charge in [0.25, 0.3) is 0 Å². The zero-order chi connectivity index (χ0) is 16.3. The van der Waals surface area contributed by atoms with Crippen molar-refractivity contribution in [1.82, 2.24) is 10.3 Å². The number of pyridine rings is 1. The van der Waals surface area contributed by atoms with Gasteiger partial charge in [-0.3, -0.25) is 0 Å². The van der Waals surface area contributed by atoms with Crippen molar-refractivity contribution in [3.63, 3.8) is 0 Å². The summed E-state index contributed by atoms with van der Waals surface area (Å²) >= 11 is 0. The van der Waals surface area contributed by atoms with E-state index in [-0.39, 0.29) is 0 Å². The zero-order valence-electron chi connectivity index (χ0n) is 13.3. The molecule has 2 rings (SSSR count). The summed E-state index contributed by atoms with van der Waals surface area (Å²) in [7, 11) is 1.63. The van der Waals surface area contributed by atoms with Gasteiger partial charge < -0.3 is 19.5 Å². The molecule has 5 heteroatoms. The molecule has 1 aromatic heterocycles. The number of nitrogens with zero attached hydrogens (tertiary/aromatic N) is 1. The molecule has 1 heterocycles. The third-order valence-corrected chi connectivity index (χ3v) is 3.08. The third kappa shape index (κ3) is 5.64. The highest BCUT2D eigenvalue weighted by Gasteiger charge is 2.05. The molecule has 0 saturated heterocycles. The summed E-state index contributed by atoms with van der Waals surface area (Å²) in [6, 6.07) is 11.5. The van der Waals surface area contributed by atoms with Crippen molar-refractivity contribution in [3.05, 3.63) is 60.8 Å². The van der Waals surface area contributed by atoms with Crippen LogP contribution in [0.2, 0.25) is 0 Å². The second kappa shape index (κ2) is 9.48. The van der Waals surface area contributed by atoms with E-state index in [1.807, 2.05) is 36.4 Å². The fourth-order valence-corrected chi connectivity index (χ4v) is 1.98. The van der Waals surface area contributed by atoms with Gasteiger partial charge in [0.1, 0.15) is 13.2 Å².